The first-order valence-corrected chi connectivity index (χ1v) is 4.24. The molecule has 0 spiro atoms. The van der Waals surface area contributed by atoms with Gasteiger partial charge in [0, 0.05) is 6.07 Å². The number of hydrogen-bond donors (Lipinski definition) is 1. The van der Waals surface area contributed by atoms with Crippen LogP contribution in [0.1, 0.15) is 0 Å². The summed E-state index contributed by atoms with van der Waals surface area (Å²) in [6.07, 6.45) is 0. The Labute approximate surface area is 84.0 Å². The van der Waals surface area contributed by atoms with E-state index in [2.05, 4.69) is 9.97 Å². The van der Waals surface area contributed by atoms with Gasteiger partial charge in [-0.25, -0.2) is 9.97 Å². The summed E-state index contributed by atoms with van der Waals surface area (Å²) in [6.45, 7) is 0. The topological polar surface area (TPSA) is 46.0 Å². The second-order valence-corrected chi connectivity index (χ2v) is 3.19. The largest absolute Gasteiger partial charge is 0.508 e. The lowest BCUT2D eigenvalue weighted by Crippen LogP contribution is -1.85. The fraction of sp³-hybridized carbons (Fsp3) is 0. The third-order valence-electron chi connectivity index (χ3n) is 1.57. The van der Waals surface area contributed by atoms with E-state index in [1.54, 1.807) is 6.07 Å². The van der Waals surface area contributed by atoms with Gasteiger partial charge < -0.3 is 5.11 Å². The van der Waals surface area contributed by atoms with Crippen LogP contribution in [0.3, 0.4) is 0 Å². The molecule has 1 N–H and O–H groups in total. The number of benzene rings is 1. The van der Waals surface area contributed by atoms with Crippen molar-refractivity contribution in [3.8, 4) is 5.75 Å². The van der Waals surface area contributed by atoms with E-state index < -0.39 is 0 Å². The minimum Gasteiger partial charge on any atom is -0.508 e. The van der Waals surface area contributed by atoms with Crippen molar-refractivity contribution in [2.24, 2.45) is 0 Å². The predicted molar refractivity (Wildman–Crippen MR) is 51.2 cm³/mol. The molecular weight excluding hydrogens is 211 g/mol. The summed E-state index contributed by atoms with van der Waals surface area (Å²) in [4.78, 5) is 7.92. The highest BCUT2D eigenvalue weighted by Gasteiger charge is 2.04. The van der Waals surface area contributed by atoms with Crippen molar-refractivity contribution < 1.29 is 5.11 Å². The van der Waals surface area contributed by atoms with Crippen molar-refractivity contribution in [3.63, 3.8) is 0 Å². The van der Waals surface area contributed by atoms with Crippen molar-refractivity contribution in [3.05, 3.63) is 28.5 Å². The highest BCUT2D eigenvalue weighted by molar-refractivity contribution is 6.40. The molecular formula is C8H4Cl2N2O. The zero-order valence-corrected chi connectivity index (χ0v) is 7.84. The summed E-state index contributed by atoms with van der Waals surface area (Å²) < 4.78 is 0. The molecule has 66 valence electrons. The first-order valence-electron chi connectivity index (χ1n) is 3.48. The number of phenolic OH excluding ortho intramolecular Hbond substituents is 1. The zero-order chi connectivity index (χ0) is 9.42. The van der Waals surface area contributed by atoms with Crippen LogP contribution in [0.4, 0.5) is 0 Å². The van der Waals surface area contributed by atoms with Gasteiger partial charge in [0.15, 0.2) is 10.3 Å². The lowest BCUT2D eigenvalue weighted by Gasteiger charge is -1.99. The van der Waals surface area contributed by atoms with Gasteiger partial charge in [0.05, 0.1) is 11.0 Å². The number of nitrogens with zero attached hydrogens (tertiary/aromatic N) is 2. The molecule has 13 heavy (non-hydrogen) atoms. The van der Waals surface area contributed by atoms with E-state index in [-0.39, 0.29) is 16.1 Å². The third kappa shape index (κ3) is 1.53. The standard InChI is InChI=1S/C8H4Cl2N2O/c9-7-8(10)12-6-3-4(13)1-2-5(6)11-7/h1-3,13H. The maximum atomic E-state index is 9.15. The molecule has 0 radical (unpaired) electrons. The number of aromatic hydroxyl groups is 1. The van der Waals surface area contributed by atoms with E-state index in [4.69, 9.17) is 28.3 Å². The summed E-state index contributed by atoms with van der Waals surface area (Å²) in [7, 11) is 0. The van der Waals surface area contributed by atoms with Crippen molar-refractivity contribution in [2.45, 2.75) is 0 Å². The van der Waals surface area contributed by atoms with Crippen LogP contribution >= 0.6 is 23.2 Å². The van der Waals surface area contributed by atoms with Gasteiger partial charge in [0.25, 0.3) is 0 Å². The molecule has 0 unspecified atom stereocenters. The van der Waals surface area contributed by atoms with Gasteiger partial charge in [-0.1, -0.05) is 23.2 Å². The van der Waals surface area contributed by atoms with Gasteiger partial charge in [-0.3, -0.25) is 0 Å². The maximum absolute atomic E-state index is 9.15. The third-order valence-corrected chi connectivity index (χ3v) is 2.19. The number of fused-ring (bicyclic) bond motifs is 1. The van der Waals surface area contributed by atoms with Crippen LogP contribution in [-0.2, 0) is 0 Å². The predicted octanol–water partition coefficient (Wildman–Crippen LogP) is 2.64. The van der Waals surface area contributed by atoms with E-state index in [1.807, 2.05) is 0 Å². The van der Waals surface area contributed by atoms with Crippen LogP contribution in [0, 0.1) is 0 Å². The summed E-state index contributed by atoms with van der Waals surface area (Å²) in [5.41, 5.74) is 1.13. The molecule has 1 aromatic carbocycles. The van der Waals surface area contributed by atoms with Gasteiger partial charge in [-0.05, 0) is 12.1 Å². The van der Waals surface area contributed by atoms with Crippen LogP contribution in [0.5, 0.6) is 5.75 Å². The van der Waals surface area contributed by atoms with Crippen LogP contribution < -0.4 is 0 Å². The monoisotopic (exact) mass is 214 g/mol. The molecule has 0 saturated heterocycles. The maximum Gasteiger partial charge on any atom is 0.167 e. The minimum absolute atomic E-state index is 0.125. The highest BCUT2D eigenvalue weighted by atomic mass is 35.5. The minimum atomic E-state index is 0.125. The average Bonchev–Trinajstić information content (AvgIpc) is 2.08. The second kappa shape index (κ2) is 3.01. The Kier molecular flexibility index (Phi) is 1.98. The molecule has 5 heteroatoms. The Morgan fingerprint density at radius 3 is 2.31 bits per heavy atom. The Hall–Kier alpha value is -1.06. The number of phenols is 1. The summed E-state index contributed by atoms with van der Waals surface area (Å²) >= 11 is 11.3. The van der Waals surface area contributed by atoms with E-state index in [1.165, 1.54) is 12.1 Å². The van der Waals surface area contributed by atoms with Gasteiger partial charge in [-0.2, -0.15) is 0 Å². The fourth-order valence-corrected chi connectivity index (χ4v) is 1.27. The SMILES string of the molecule is Oc1ccc2nc(Cl)c(Cl)nc2c1. The quantitative estimate of drug-likeness (QED) is 0.734. The highest BCUT2D eigenvalue weighted by Crippen LogP contribution is 2.23. The lowest BCUT2D eigenvalue weighted by atomic mass is 10.3. The summed E-state index contributed by atoms with van der Waals surface area (Å²) in [5, 5.41) is 9.45. The Balaban J connectivity index is 2.81. The molecule has 0 aliphatic heterocycles. The molecule has 2 rings (SSSR count). The molecule has 0 atom stereocenters. The van der Waals surface area contributed by atoms with Crippen LogP contribution in [0.15, 0.2) is 18.2 Å². The van der Waals surface area contributed by atoms with Crippen molar-refractivity contribution in [2.75, 3.05) is 0 Å². The van der Waals surface area contributed by atoms with Crippen LogP contribution in [0.25, 0.3) is 11.0 Å². The number of halogens is 2. The zero-order valence-electron chi connectivity index (χ0n) is 6.33. The molecule has 1 heterocycles. The fourth-order valence-electron chi connectivity index (χ4n) is 1.000. The van der Waals surface area contributed by atoms with Crippen molar-refractivity contribution in [1.29, 1.82) is 0 Å². The number of aromatic nitrogens is 2. The molecule has 0 aliphatic carbocycles. The summed E-state index contributed by atoms with van der Waals surface area (Å²) in [5.74, 6) is 0.125. The smallest absolute Gasteiger partial charge is 0.167 e. The Bertz CT molecular complexity index is 473. The Morgan fingerprint density at radius 1 is 1.00 bits per heavy atom. The number of rotatable bonds is 0. The van der Waals surface area contributed by atoms with Gasteiger partial charge in [0.1, 0.15) is 5.75 Å². The molecule has 0 fully saturated rings. The molecule has 0 amide bonds. The first-order chi connectivity index (χ1) is 6.16. The van der Waals surface area contributed by atoms with Gasteiger partial charge >= 0.3 is 0 Å². The number of hydrogen-bond acceptors (Lipinski definition) is 3. The van der Waals surface area contributed by atoms with Gasteiger partial charge in [0.2, 0.25) is 0 Å². The van der Waals surface area contributed by atoms with E-state index >= 15 is 0 Å². The first kappa shape index (κ1) is 8.53. The molecule has 0 aliphatic rings. The summed E-state index contributed by atoms with van der Waals surface area (Å²) in [6, 6.07) is 4.62. The Morgan fingerprint density at radius 2 is 1.62 bits per heavy atom. The second-order valence-electron chi connectivity index (χ2n) is 2.48. The molecule has 1 aromatic heterocycles. The van der Waals surface area contributed by atoms with Crippen LogP contribution in [-0.4, -0.2) is 15.1 Å². The van der Waals surface area contributed by atoms with Crippen LogP contribution in [0.2, 0.25) is 10.3 Å². The molecule has 0 bridgehead atoms. The molecule has 0 saturated carbocycles. The molecule has 3 nitrogen and oxygen atoms in total. The lowest BCUT2D eigenvalue weighted by molar-refractivity contribution is 0.476. The van der Waals surface area contributed by atoms with E-state index in [0.717, 1.165) is 0 Å². The van der Waals surface area contributed by atoms with Crippen molar-refractivity contribution in [1.82, 2.24) is 9.97 Å². The van der Waals surface area contributed by atoms with Crippen molar-refractivity contribution >= 4 is 34.2 Å². The average molecular weight is 215 g/mol. The van der Waals surface area contributed by atoms with E-state index in [9.17, 15) is 0 Å². The normalized spacial score (nSPS) is 10.6. The molecule has 2 aromatic rings. The van der Waals surface area contributed by atoms with Gasteiger partial charge in [-0.15, -0.1) is 0 Å². The van der Waals surface area contributed by atoms with E-state index in [0.29, 0.717) is 11.0 Å².